The molecule has 0 amide bonds. The fraction of sp³-hybridized carbons (Fsp3) is 0.375. The van der Waals surface area contributed by atoms with Crippen LogP contribution in [-0.4, -0.2) is 20.2 Å². The highest BCUT2D eigenvalue weighted by Crippen LogP contribution is 2.07. The summed E-state index contributed by atoms with van der Waals surface area (Å²) in [5.74, 6) is 2.26. The molecule has 0 saturated heterocycles. The van der Waals surface area contributed by atoms with E-state index >= 15 is 0 Å². The number of nitrogens with one attached hydrogen (secondary N) is 1. The van der Waals surface area contributed by atoms with Crippen LogP contribution in [0.25, 0.3) is 0 Å². The summed E-state index contributed by atoms with van der Waals surface area (Å²) in [6.07, 6.45) is 0. The van der Waals surface area contributed by atoms with E-state index in [4.69, 9.17) is 4.42 Å². The molecule has 14 heavy (non-hydrogen) atoms. The molecule has 0 aromatic carbocycles. The van der Waals surface area contributed by atoms with Crippen LogP contribution < -0.4 is 5.32 Å². The lowest BCUT2D eigenvalue weighted by molar-refractivity contribution is 0.490. The van der Waals surface area contributed by atoms with Crippen LogP contribution >= 0.6 is 0 Å². The lowest BCUT2D eigenvalue weighted by atomic mass is 10.4. The summed E-state index contributed by atoms with van der Waals surface area (Å²) in [4.78, 5) is 1.40. The van der Waals surface area contributed by atoms with Gasteiger partial charge in [-0.05, 0) is 24.3 Å². The third-order valence-electron chi connectivity index (χ3n) is 1.73. The Balaban J connectivity index is 1.94. The lowest BCUT2D eigenvalue weighted by Crippen LogP contribution is -2.00. The molecule has 74 valence electrons. The van der Waals surface area contributed by atoms with Crippen molar-refractivity contribution in [3.63, 3.8) is 0 Å². The molecule has 0 saturated carbocycles. The second-order valence-corrected chi connectivity index (χ2v) is 2.97. The van der Waals surface area contributed by atoms with Crippen LogP contribution in [0.2, 0.25) is 0 Å². The zero-order valence-electron chi connectivity index (χ0n) is 8.06. The molecule has 0 aliphatic carbocycles. The molecule has 0 fully saturated rings. The monoisotopic (exact) mass is 193 g/mol. The normalized spacial score (nSPS) is 10.4. The minimum Gasteiger partial charge on any atom is -0.465 e. The molecule has 6 heteroatoms. The summed E-state index contributed by atoms with van der Waals surface area (Å²) >= 11 is 0. The Bertz CT molecular complexity index is 379. The van der Waals surface area contributed by atoms with Crippen LogP contribution in [0, 0.1) is 6.92 Å². The molecular formula is C8H11N5O. The van der Waals surface area contributed by atoms with Gasteiger partial charge in [-0.25, -0.2) is 0 Å². The maximum absolute atomic E-state index is 5.37. The van der Waals surface area contributed by atoms with Crippen molar-refractivity contribution in [2.45, 2.75) is 13.5 Å². The van der Waals surface area contributed by atoms with E-state index in [2.05, 4.69) is 20.7 Å². The first-order chi connectivity index (χ1) is 6.74. The first kappa shape index (κ1) is 8.74. The van der Waals surface area contributed by atoms with Gasteiger partial charge in [0.25, 0.3) is 5.95 Å². The van der Waals surface area contributed by atoms with Gasteiger partial charge in [0.2, 0.25) is 0 Å². The van der Waals surface area contributed by atoms with Crippen LogP contribution in [0.3, 0.4) is 0 Å². The first-order valence-corrected chi connectivity index (χ1v) is 4.27. The summed E-state index contributed by atoms with van der Waals surface area (Å²) in [7, 11) is 1.72. The van der Waals surface area contributed by atoms with E-state index in [1.807, 2.05) is 19.1 Å². The summed E-state index contributed by atoms with van der Waals surface area (Å²) in [5.41, 5.74) is 0. The Labute approximate surface area is 80.9 Å². The predicted octanol–water partition coefficient (Wildman–Crippen LogP) is 0.724. The van der Waals surface area contributed by atoms with Crippen LogP contribution in [-0.2, 0) is 13.6 Å². The summed E-state index contributed by atoms with van der Waals surface area (Å²) in [6.45, 7) is 2.48. The second kappa shape index (κ2) is 3.49. The number of furan rings is 1. The van der Waals surface area contributed by atoms with Crippen molar-refractivity contribution in [1.29, 1.82) is 0 Å². The second-order valence-electron chi connectivity index (χ2n) is 2.97. The molecule has 2 heterocycles. The molecule has 2 rings (SSSR count). The van der Waals surface area contributed by atoms with E-state index in [0.717, 1.165) is 11.5 Å². The number of rotatable bonds is 3. The first-order valence-electron chi connectivity index (χ1n) is 4.27. The maximum atomic E-state index is 5.37. The molecule has 0 atom stereocenters. The number of hydrogen-bond acceptors (Lipinski definition) is 5. The molecule has 1 N–H and O–H groups in total. The summed E-state index contributed by atoms with van der Waals surface area (Å²) in [6, 6.07) is 3.83. The Morgan fingerprint density at radius 2 is 2.36 bits per heavy atom. The Kier molecular flexibility index (Phi) is 2.18. The molecule has 0 aliphatic rings. The highest BCUT2D eigenvalue weighted by molar-refractivity contribution is 5.21. The summed E-state index contributed by atoms with van der Waals surface area (Å²) in [5, 5.41) is 14.5. The quantitative estimate of drug-likeness (QED) is 0.778. The fourth-order valence-electron chi connectivity index (χ4n) is 1.10. The van der Waals surface area contributed by atoms with E-state index in [0.29, 0.717) is 12.5 Å². The minimum atomic E-state index is 0.501. The fourth-order valence-corrected chi connectivity index (χ4v) is 1.10. The molecule has 6 nitrogen and oxygen atoms in total. The number of nitrogens with zero attached hydrogens (tertiary/aromatic N) is 4. The van der Waals surface area contributed by atoms with Gasteiger partial charge in [-0.15, -0.1) is 5.10 Å². The number of aromatic nitrogens is 4. The zero-order chi connectivity index (χ0) is 9.97. The number of aryl methyl sites for hydroxylation is 2. The average Bonchev–Trinajstić information content (AvgIpc) is 2.72. The third-order valence-corrected chi connectivity index (χ3v) is 1.73. The Morgan fingerprint density at radius 1 is 1.50 bits per heavy atom. The van der Waals surface area contributed by atoms with Gasteiger partial charge in [0.05, 0.1) is 13.6 Å². The molecule has 0 radical (unpaired) electrons. The van der Waals surface area contributed by atoms with Gasteiger partial charge in [0, 0.05) is 0 Å². The van der Waals surface area contributed by atoms with E-state index in [1.54, 1.807) is 7.05 Å². The largest absolute Gasteiger partial charge is 0.465 e. The van der Waals surface area contributed by atoms with E-state index in [9.17, 15) is 0 Å². The standard InChI is InChI=1S/C8H11N5O/c1-6-3-4-7(14-6)5-9-8-10-12-13(2)11-8/h3-4H,5H2,1-2H3,(H,9,11). The molecule has 0 unspecified atom stereocenters. The van der Waals surface area contributed by atoms with Gasteiger partial charge < -0.3 is 9.73 Å². The van der Waals surface area contributed by atoms with Crippen molar-refractivity contribution in [2.75, 3.05) is 5.32 Å². The Hall–Kier alpha value is -1.85. The molecule has 0 aliphatic heterocycles. The van der Waals surface area contributed by atoms with Crippen LogP contribution in [0.4, 0.5) is 5.95 Å². The summed E-state index contributed by atoms with van der Waals surface area (Å²) < 4.78 is 5.37. The topological polar surface area (TPSA) is 68.8 Å². The molecule has 2 aromatic rings. The minimum absolute atomic E-state index is 0.501. The average molecular weight is 193 g/mol. The SMILES string of the molecule is Cc1ccc(CNc2nnn(C)n2)o1. The number of tetrazole rings is 1. The van der Waals surface area contributed by atoms with Gasteiger partial charge in [-0.1, -0.05) is 5.10 Å². The van der Waals surface area contributed by atoms with Gasteiger partial charge >= 0.3 is 0 Å². The molecule has 2 aromatic heterocycles. The third kappa shape index (κ3) is 1.90. The van der Waals surface area contributed by atoms with Gasteiger partial charge in [-0.2, -0.15) is 4.80 Å². The van der Waals surface area contributed by atoms with Crippen LogP contribution in [0.5, 0.6) is 0 Å². The van der Waals surface area contributed by atoms with Crippen molar-refractivity contribution < 1.29 is 4.42 Å². The van der Waals surface area contributed by atoms with Gasteiger partial charge in [-0.3, -0.25) is 0 Å². The van der Waals surface area contributed by atoms with E-state index in [1.165, 1.54) is 4.80 Å². The van der Waals surface area contributed by atoms with Crippen molar-refractivity contribution in [3.05, 3.63) is 23.7 Å². The van der Waals surface area contributed by atoms with Crippen LogP contribution in [0.15, 0.2) is 16.5 Å². The highest BCUT2D eigenvalue weighted by atomic mass is 16.3. The van der Waals surface area contributed by atoms with Crippen molar-refractivity contribution >= 4 is 5.95 Å². The van der Waals surface area contributed by atoms with Crippen LogP contribution in [0.1, 0.15) is 11.5 Å². The predicted molar refractivity (Wildman–Crippen MR) is 49.6 cm³/mol. The van der Waals surface area contributed by atoms with Crippen molar-refractivity contribution in [2.24, 2.45) is 7.05 Å². The van der Waals surface area contributed by atoms with E-state index in [-0.39, 0.29) is 0 Å². The molecular weight excluding hydrogens is 182 g/mol. The van der Waals surface area contributed by atoms with E-state index < -0.39 is 0 Å². The smallest absolute Gasteiger partial charge is 0.263 e. The maximum Gasteiger partial charge on any atom is 0.263 e. The lowest BCUT2D eigenvalue weighted by Gasteiger charge is -1.96. The number of hydrogen-bond donors (Lipinski definition) is 1. The van der Waals surface area contributed by atoms with Crippen molar-refractivity contribution in [3.8, 4) is 0 Å². The Morgan fingerprint density at radius 3 is 2.93 bits per heavy atom. The number of anilines is 1. The zero-order valence-corrected chi connectivity index (χ0v) is 8.06. The molecule has 0 spiro atoms. The van der Waals surface area contributed by atoms with Gasteiger partial charge in [0.1, 0.15) is 11.5 Å². The van der Waals surface area contributed by atoms with Crippen molar-refractivity contribution in [1.82, 2.24) is 20.2 Å². The highest BCUT2D eigenvalue weighted by Gasteiger charge is 2.01. The molecule has 0 bridgehead atoms. The van der Waals surface area contributed by atoms with Gasteiger partial charge in [0.15, 0.2) is 0 Å².